The van der Waals surface area contributed by atoms with Crippen molar-refractivity contribution in [3.8, 4) is 0 Å². The minimum atomic E-state index is -1.18. The monoisotopic (exact) mass is 530 g/mol. The van der Waals surface area contributed by atoms with Gasteiger partial charge in [0.1, 0.15) is 23.3 Å². The normalized spacial score (nSPS) is 26.7. The third-order valence-corrected chi connectivity index (χ3v) is 11.6. The van der Waals surface area contributed by atoms with E-state index in [-0.39, 0.29) is 16.8 Å². The second kappa shape index (κ2) is 10.0. The summed E-state index contributed by atoms with van der Waals surface area (Å²) in [4.78, 5) is 5.17. The number of nitrogens with two attached hydrogens (primary N) is 1. The standard InChI is InChI=1S/C28H46N4O2SSi/c1-28(2,3)35(33)31-26(22-14-20-13-21(20)15-22)27-30-23-10-9-19(25(29)18-7-8-18)16-24(23)32(27)17-34-11-12-36(4,5)6/h9-10,16,18,20-22,25-26,31H,7-8,11-15,17,29H2,1-6H3/t20-,21+,22?,25-,26+,35?/m1/s1. The van der Waals surface area contributed by atoms with Gasteiger partial charge < -0.3 is 19.6 Å². The Morgan fingerprint density at radius 1 is 1.17 bits per heavy atom. The van der Waals surface area contributed by atoms with E-state index in [0.29, 0.717) is 18.6 Å². The maximum atomic E-state index is 13.3. The van der Waals surface area contributed by atoms with E-state index in [9.17, 15) is 4.55 Å². The molecular weight excluding hydrogens is 484 g/mol. The lowest BCUT2D eigenvalue weighted by Crippen LogP contribution is -2.44. The summed E-state index contributed by atoms with van der Waals surface area (Å²) in [5.74, 6) is 3.71. The number of imidazole rings is 1. The first kappa shape index (κ1) is 26.7. The summed E-state index contributed by atoms with van der Waals surface area (Å²) >= 11 is -1.18. The van der Waals surface area contributed by atoms with Gasteiger partial charge >= 0.3 is 0 Å². The van der Waals surface area contributed by atoms with Gasteiger partial charge in [0.15, 0.2) is 0 Å². The highest BCUT2D eigenvalue weighted by Gasteiger charge is 2.50. The fraction of sp³-hybridized carbons (Fsp3) is 0.750. The van der Waals surface area contributed by atoms with Crippen molar-refractivity contribution in [2.75, 3.05) is 6.61 Å². The molecule has 3 aliphatic carbocycles. The maximum absolute atomic E-state index is 13.3. The van der Waals surface area contributed by atoms with Crippen molar-refractivity contribution in [1.29, 1.82) is 0 Å². The number of ether oxygens (including phenoxy) is 1. The van der Waals surface area contributed by atoms with Gasteiger partial charge in [0.25, 0.3) is 0 Å². The average molecular weight is 531 g/mol. The largest absolute Gasteiger partial charge is 0.598 e. The van der Waals surface area contributed by atoms with Crippen LogP contribution < -0.4 is 10.5 Å². The van der Waals surface area contributed by atoms with E-state index < -0.39 is 19.4 Å². The summed E-state index contributed by atoms with van der Waals surface area (Å²) in [5, 5.41) is 0. The summed E-state index contributed by atoms with van der Waals surface area (Å²) in [6.45, 7) is 14.5. The molecule has 3 saturated carbocycles. The van der Waals surface area contributed by atoms with Crippen LogP contribution in [0.1, 0.15) is 76.3 Å². The molecule has 8 heteroatoms. The van der Waals surface area contributed by atoms with Crippen molar-refractivity contribution >= 4 is 30.5 Å². The Kier molecular flexibility index (Phi) is 7.42. The Morgan fingerprint density at radius 3 is 2.47 bits per heavy atom. The number of aromatic nitrogens is 2. The van der Waals surface area contributed by atoms with E-state index in [1.54, 1.807) is 0 Å². The van der Waals surface area contributed by atoms with Gasteiger partial charge in [-0.1, -0.05) is 25.7 Å². The molecule has 3 fully saturated rings. The van der Waals surface area contributed by atoms with Crippen molar-refractivity contribution < 1.29 is 9.29 Å². The quantitative estimate of drug-likeness (QED) is 0.215. The summed E-state index contributed by atoms with van der Waals surface area (Å²) < 4.78 is 25.1. The third-order valence-electron chi connectivity index (χ3n) is 8.35. The fourth-order valence-electron chi connectivity index (χ4n) is 5.69. The van der Waals surface area contributed by atoms with Gasteiger partial charge in [0, 0.05) is 32.1 Å². The van der Waals surface area contributed by atoms with Crippen LogP contribution in [0.5, 0.6) is 0 Å². The van der Waals surface area contributed by atoms with E-state index in [1.807, 2.05) is 20.8 Å². The summed E-state index contributed by atoms with van der Waals surface area (Å²) in [6.07, 6.45) is 6.20. The van der Waals surface area contributed by atoms with Crippen LogP contribution in [0.2, 0.25) is 25.7 Å². The van der Waals surface area contributed by atoms with E-state index in [4.69, 9.17) is 15.5 Å². The number of benzene rings is 1. The van der Waals surface area contributed by atoms with Gasteiger partial charge in [0.2, 0.25) is 0 Å². The van der Waals surface area contributed by atoms with Gasteiger partial charge in [0.05, 0.1) is 11.0 Å². The highest BCUT2D eigenvalue weighted by atomic mass is 32.2. The molecule has 2 unspecified atom stereocenters. The topological polar surface area (TPSA) is 88.2 Å². The molecule has 2 aromatic rings. The van der Waals surface area contributed by atoms with Crippen molar-refractivity contribution in [3.05, 3.63) is 29.6 Å². The van der Waals surface area contributed by atoms with Crippen molar-refractivity contribution in [2.24, 2.45) is 29.4 Å². The van der Waals surface area contributed by atoms with Crippen molar-refractivity contribution in [3.63, 3.8) is 0 Å². The number of hydrogen-bond donors (Lipinski definition) is 2. The number of hydrogen-bond acceptors (Lipinski definition) is 5. The Morgan fingerprint density at radius 2 is 1.86 bits per heavy atom. The van der Waals surface area contributed by atoms with Crippen LogP contribution in [0, 0.1) is 23.7 Å². The second-order valence-corrected chi connectivity index (χ2v) is 21.4. The van der Waals surface area contributed by atoms with Gasteiger partial charge in [-0.15, -0.1) is 4.72 Å². The lowest BCUT2D eigenvalue weighted by Gasteiger charge is -2.31. The molecule has 0 amide bonds. The number of fused-ring (bicyclic) bond motifs is 2. The molecule has 1 heterocycles. The average Bonchev–Trinajstić information content (AvgIpc) is 3.71. The summed E-state index contributed by atoms with van der Waals surface area (Å²) in [5.41, 5.74) is 9.85. The van der Waals surface area contributed by atoms with Crippen LogP contribution >= 0.6 is 0 Å². The second-order valence-electron chi connectivity index (χ2n) is 13.8. The smallest absolute Gasteiger partial charge is 0.136 e. The van der Waals surface area contributed by atoms with Gasteiger partial charge in [-0.25, -0.2) is 4.98 Å². The molecule has 0 spiro atoms. The molecule has 1 aromatic heterocycles. The molecule has 6 nitrogen and oxygen atoms in total. The third kappa shape index (κ3) is 6.05. The zero-order valence-corrected chi connectivity index (χ0v) is 24.9. The Balaban J connectivity index is 1.50. The molecule has 0 saturated heterocycles. The van der Waals surface area contributed by atoms with E-state index in [0.717, 1.165) is 41.3 Å². The van der Waals surface area contributed by atoms with Gasteiger partial charge in [-0.2, -0.15) is 0 Å². The molecule has 0 radical (unpaired) electrons. The van der Waals surface area contributed by atoms with Gasteiger partial charge in [-0.05, 0) is 100 Å². The highest BCUT2D eigenvalue weighted by molar-refractivity contribution is 7.90. The maximum Gasteiger partial charge on any atom is 0.136 e. The van der Waals surface area contributed by atoms with E-state index in [1.165, 1.54) is 37.7 Å². The first-order valence-corrected chi connectivity index (χ1v) is 18.8. The SMILES string of the molecule is CC(C)(C)[S+]([O-])N[C@H](c1nc2ccc([C@H](N)C3CC3)cc2n1COCC[Si](C)(C)C)C1C[C@@H]2C[C@@H]2C1. The lowest BCUT2D eigenvalue weighted by molar-refractivity contribution is 0.0858. The highest BCUT2D eigenvalue weighted by Crippen LogP contribution is 2.57. The minimum Gasteiger partial charge on any atom is -0.598 e. The zero-order chi connectivity index (χ0) is 25.8. The first-order chi connectivity index (χ1) is 16.9. The fourth-order valence-corrected chi connectivity index (χ4v) is 7.32. The van der Waals surface area contributed by atoms with Gasteiger partial charge in [-0.3, -0.25) is 0 Å². The molecule has 3 aliphatic rings. The Bertz CT molecular complexity index is 1060. The molecule has 5 rings (SSSR count). The molecule has 6 atom stereocenters. The van der Waals surface area contributed by atoms with Crippen LogP contribution in [0.3, 0.4) is 0 Å². The Hall–Kier alpha value is -0.903. The predicted octanol–water partition coefficient (Wildman–Crippen LogP) is 5.90. The van der Waals surface area contributed by atoms with Crippen LogP contribution in [-0.2, 0) is 22.8 Å². The minimum absolute atomic E-state index is 0.0496. The predicted molar refractivity (Wildman–Crippen MR) is 152 cm³/mol. The van der Waals surface area contributed by atoms with Crippen molar-refractivity contribution in [2.45, 2.75) is 102 Å². The van der Waals surface area contributed by atoms with Crippen molar-refractivity contribution in [1.82, 2.24) is 14.3 Å². The van der Waals surface area contributed by atoms with E-state index in [2.05, 4.69) is 47.1 Å². The molecule has 0 aliphatic heterocycles. The number of nitrogens with one attached hydrogen (secondary N) is 1. The zero-order valence-electron chi connectivity index (χ0n) is 23.0. The van der Waals surface area contributed by atoms with Crippen LogP contribution in [0.15, 0.2) is 18.2 Å². The molecule has 1 aromatic carbocycles. The molecule has 0 bridgehead atoms. The molecule has 200 valence electrons. The molecular formula is C28H46N4O2SSi. The van der Waals surface area contributed by atoms with Crippen LogP contribution in [0.25, 0.3) is 11.0 Å². The number of rotatable bonds is 11. The lowest BCUT2D eigenvalue weighted by atomic mass is 9.94. The van der Waals surface area contributed by atoms with Crippen LogP contribution in [0.4, 0.5) is 0 Å². The number of nitrogens with zero attached hydrogens (tertiary/aromatic N) is 2. The molecule has 3 N–H and O–H groups in total. The van der Waals surface area contributed by atoms with Crippen LogP contribution in [-0.4, -0.2) is 33.5 Å². The Labute approximate surface area is 221 Å². The summed E-state index contributed by atoms with van der Waals surface area (Å²) in [6, 6.07) is 7.68. The molecule has 36 heavy (non-hydrogen) atoms. The first-order valence-electron chi connectivity index (χ1n) is 13.9. The van der Waals surface area contributed by atoms with E-state index >= 15 is 0 Å². The summed E-state index contributed by atoms with van der Waals surface area (Å²) in [7, 11) is -1.18.